The molecule has 166 valence electrons. The smallest absolute Gasteiger partial charge is 0.194 e. The number of aliphatic imine (C=N–C) groups is 1. The van der Waals surface area contributed by atoms with Crippen LogP contribution in [0.2, 0.25) is 0 Å². The lowest BCUT2D eigenvalue weighted by Gasteiger charge is -2.35. The van der Waals surface area contributed by atoms with Crippen molar-refractivity contribution in [2.45, 2.75) is 26.5 Å². The summed E-state index contributed by atoms with van der Waals surface area (Å²) in [7, 11) is 0. The molecule has 2 aromatic carbocycles. The van der Waals surface area contributed by atoms with Gasteiger partial charge in [0, 0.05) is 31.9 Å². The number of nitrogens with zero attached hydrogens (tertiary/aromatic N) is 3. The van der Waals surface area contributed by atoms with Crippen molar-refractivity contribution in [1.29, 1.82) is 0 Å². The molecule has 0 radical (unpaired) electrons. The second-order valence-corrected chi connectivity index (χ2v) is 8.10. The first kappa shape index (κ1) is 21.7. The molecule has 1 atom stereocenters. The second-order valence-electron chi connectivity index (χ2n) is 8.10. The molecule has 6 nitrogen and oxygen atoms in total. The zero-order valence-corrected chi connectivity index (χ0v) is 18.7. The van der Waals surface area contributed by atoms with Crippen molar-refractivity contribution >= 4 is 11.6 Å². The molecule has 2 aromatic rings. The fourth-order valence-corrected chi connectivity index (χ4v) is 4.20. The molecule has 1 unspecified atom stereocenters. The van der Waals surface area contributed by atoms with E-state index in [-0.39, 0.29) is 6.10 Å². The van der Waals surface area contributed by atoms with Gasteiger partial charge in [-0.05, 0) is 42.7 Å². The number of ether oxygens (including phenoxy) is 2. The van der Waals surface area contributed by atoms with E-state index in [0.717, 1.165) is 51.9 Å². The molecular weight excluding hydrogens is 388 g/mol. The van der Waals surface area contributed by atoms with Gasteiger partial charge in [-0.15, -0.1) is 0 Å². The summed E-state index contributed by atoms with van der Waals surface area (Å²) in [6, 6.07) is 17.3. The second kappa shape index (κ2) is 10.6. The predicted octanol–water partition coefficient (Wildman–Crippen LogP) is 3.37. The summed E-state index contributed by atoms with van der Waals surface area (Å²) in [5, 5.41) is 3.47. The Kier molecular flexibility index (Phi) is 7.43. The summed E-state index contributed by atoms with van der Waals surface area (Å²) in [4.78, 5) is 9.64. The van der Waals surface area contributed by atoms with E-state index >= 15 is 0 Å². The van der Waals surface area contributed by atoms with Gasteiger partial charge in [-0.1, -0.05) is 36.4 Å². The van der Waals surface area contributed by atoms with Gasteiger partial charge in [0.1, 0.15) is 6.10 Å². The van der Waals surface area contributed by atoms with E-state index in [1.54, 1.807) is 0 Å². The third kappa shape index (κ3) is 5.57. The molecule has 2 heterocycles. The van der Waals surface area contributed by atoms with Crippen LogP contribution in [0.4, 0.5) is 5.69 Å². The van der Waals surface area contributed by atoms with Gasteiger partial charge in [-0.2, -0.15) is 0 Å². The van der Waals surface area contributed by atoms with E-state index in [2.05, 4.69) is 77.5 Å². The number of hydrogen-bond acceptors (Lipinski definition) is 4. The summed E-state index contributed by atoms with van der Waals surface area (Å²) >= 11 is 0. The monoisotopic (exact) mass is 422 g/mol. The molecule has 2 fully saturated rings. The van der Waals surface area contributed by atoms with E-state index in [1.165, 1.54) is 22.4 Å². The summed E-state index contributed by atoms with van der Waals surface area (Å²) in [6.07, 6.45) is 0.0756. The maximum Gasteiger partial charge on any atom is 0.194 e. The number of anilines is 1. The first-order chi connectivity index (χ1) is 15.2. The lowest BCUT2D eigenvalue weighted by atomic mass is 10.0. The number of benzene rings is 2. The molecule has 0 bridgehead atoms. The average Bonchev–Trinajstić information content (AvgIpc) is 2.83. The zero-order chi connectivity index (χ0) is 21.5. The molecule has 0 aliphatic carbocycles. The zero-order valence-electron chi connectivity index (χ0n) is 18.7. The number of rotatable bonds is 5. The number of aryl methyl sites for hydroxylation is 1. The Morgan fingerprint density at radius 2 is 1.81 bits per heavy atom. The van der Waals surface area contributed by atoms with Gasteiger partial charge in [-0.25, -0.2) is 4.99 Å². The van der Waals surface area contributed by atoms with Crippen LogP contribution in [0.3, 0.4) is 0 Å². The number of nitrogens with one attached hydrogen (secondary N) is 1. The van der Waals surface area contributed by atoms with E-state index in [9.17, 15) is 0 Å². The maximum atomic E-state index is 6.10. The minimum absolute atomic E-state index is 0.0756. The van der Waals surface area contributed by atoms with Gasteiger partial charge < -0.3 is 24.6 Å². The molecule has 2 saturated heterocycles. The molecule has 0 amide bonds. The minimum atomic E-state index is 0.0756. The SMILES string of the molecule is CCNC(=NCc1ccc(N2CCOCC2)cc1)N1CCOC(c2ccccc2C)C1. The van der Waals surface area contributed by atoms with Gasteiger partial charge in [0.25, 0.3) is 0 Å². The van der Waals surface area contributed by atoms with Gasteiger partial charge >= 0.3 is 0 Å². The van der Waals surface area contributed by atoms with Gasteiger partial charge in [0.15, 0.2) is 5.96 Å². The van der Waals surface area contributed by atoms with E-state index in [4.69, 9.17) is 14.5 Å². The van der Waals surface area contributed by atoms with Crippen LogP contribution in [0, 0.1) is 6.92 Å². The van der Waals surface area contributed by atoms with Crippen molar-refractivity contribution in [1.82, 2.24) is 10.2 Å². The summed E-state index contributed by atoms with van der Waals surface area (Å²) in [6.45, 7) is 11.7. The van der Waals surface area contributed by atoms with Crippen molar-refractivity contribution in [3.05, 3.63) is 65.2 Å². The highest BCUT2D eigenvalue weighted by molar-refractivity contribution is 5.80. The van der Waals surface area contributed by atoms with E-state index in [1.807, 2.05) is 0 Å². The van der Waals surface area contributed by atoms with Crippen LogP contribution in [0.5, 0.6) is 0 Å². The normalized spacial score (nSPS) is 20.1. The van der Waals surface area contributed by atoms with Crippen LogP contribution in [-0.4, -0.2) is 63.4 Å². The molecule has 31 heavy (non-hydrogen) atoms. The van der Waals surface area contributed by atoms with Crippen molar-refractivity contribution in [3.8, 4) is 0 Å². The summed E-state index contributed by atoms with van der Waals surface area (Å²) in [5.74, 6) is 0.960. The summed E-state index contributed by atoms with van der Waals surface area (Å²) < 4.78 is 11.6. The molecule has 0 spiro atoms. The molecular formula is C25H34N4O2. The molecule has 0 aromatic heterocycles. The molecule has 4 rings (SSSR count). The van der Waals surface area contributed by atoms with Crippen LogP contribution >= 0.6 is 0 Å². The lowest BCUT2D eigenvalue weighted by molar-refractivity contribution is -0.00834. The van der Waals surface area contributed by atoms with Gasteiger partial charge in [-0.3, -0.25) is 0 Å². The third-order valence-corrected chi connectivity index (χ3v) is 5.96. The van der Waals surface area contributed by atoms with Crippen molar-refractivity contribution < 1.29 is 9.47 Å². The molecule has 1 N–H and O–H groups in total. The van der Waals surface area contributed by atoms with Crippen molar-refractivity contribution in [3.63, 3.8) is 0 Å². The fraction of sp³-hybridized carbons (Fsp3) is 0.480. The Morgan fingerprint density at radius 3 is 2.55 bits per heavy atom. The first-order valence-corrected chi connectivity index (χ1v) is 11.4. The highest BCUT2D eigenvalue weighted by atomic mass is 16.5. The van der Waals surface area contributed by atoms with Gasteiger partial charge in [0.05, 0.1) is 32.9 Å². The fourth-order valence-electron chi connectivity index (χ4n) is 4.20. The van der Waals surface area contributed by atoms with Crippen LogP contribution in [0.15, 0.2) is 53.5 Å². The lowest BCUT2D eigenvalue weighted by Crippen LogP contribution is -2.48. The third-order valence-electron chi connectivity index (χ3n) is 5.96. The number of hydrogen-bond donors (Lipinski definition) is 1. The molecule has 2 aliphatic rings. The molecule has 0 saturated carbocycles. The Hall–Kier alpha value is -2.57. The van der Waals surface area contributed by atoms with Gasteiger partial charge in [0.2, 0.25) is 0 Å². The first-order valence-electron chi connectivity index (χ1n) is 11.4. The highest BCUT2D eigenvalue weighted by Crippen LogP contribution is 2.25. The van der Waals surface area contributed by atoms with Crippen molar-refractivity contribution in [2.24, 2.45) is 4.99 Å². The number of morpholine rings is 2. The van der Waals surface area contributed by atoms with Crippen LogP contribution in [-0.2, 0) is 16.0 Å². The van der Waals surface area contributed by atoms with Crippen LogP contribution in [0.25, 0.3) is 0 Å². The Balaban J connectivity index is 1.42. The number of guanidine groups is 1. The molecule has 6 heteroatoms. The maximum absolute atomic E-state index is 6.10. The van der Waals surface area contributed by atoms with E-state index < -0.39 is 0 Å². The Bertz CT molecular complexity index is 862. The highest BCUT2D eigenvalue weighted by Gasteiger charge is 2.25. The Labute approximate surface area is 185 Å². The van der Waals surface area contributed by atoms with Crippen molar-refractivity contribution in [2.75, 3.05) is 57.4 Å². The quantitative estimate of drug-likeness (QED) is 0.591. The molecule has 2 aliphatic heterocycles. The standard InChI is InChI=1S/C25H34N4O2/c1-3-26-25(29-14-17-31-24(19-29)23-7-5-4-6-20(23)2)27-18-21-8-10-22(11-9-21)28-12-15-30-16-13-28/h4-11,24H,3,12-19H2,1-2H3,(H,26,27). The summed E-state index contributed by atoms with van der Waals surface area (Å²) in [5.41, 5.74) is 5.02. The average molecular weight is 423 g/mol. The minimum Gasteiger partial charge on any atom is -0.378 e. The topological polar surface area (TPSA) is 49.3 Å². The van der Waals surface area contributed by atoms with E-state index in [0.29, 0.717) is 13.2 Å². The predicted molar refractivity (Wildman–Crippen MR) is 126 cm³/mol. The van der Waals surface area contributed by atoms with Crippen LogP contribution in [0.1, 0.15) is 29.7 Å². The largest absolute Gasteiger partial charge is 0.378 e. The Morgan fingerprint density at radius 1 is 1.03 bits per heavy atom. The van der Waals surface area contributed by atoms with Crippen LogP contribution < -0.4 is 10.2 Å².